The third-order valence-corrected chi connectivity index (χ3v) is 15.6. The Labute approximate surface area is 456 Å². The van der Waals surface area contributed by atoms with Crippen LogP contribution in [0, 0.1) is 11.8 Å². The first kappa shape index (κ1) is 53.9. The number of rotatable bonds is 12. The van der Waals surface area contributed by atoms with Crippen LogP contribution in [-0.2, 0) is 27.2 Å². The molecule has 0 radical (unpaired) electrons. The van der Waals surface area contributed by atoms with Crippen LogP contribution >= 0.6 is 46.4 Å². The standard InChI is InChI=1S/C30H34Cl2N4O5.C25H26Cl2N4O3/c1-30(2,3)41-29(38)36-16-17(11-21(36)28(37)35-9-6-10-35)12-24-33-15-19-13-18(7-8-20(19)34-24)25-26(31)22(39-4)14-23(40-5)27(25)32;1-33-19-11-20(34-2)24(27)22(23(19)26)15-4-5-17-16(10-15)13-29-21(30-17)9-14-8-18(28-12-14)25(32)31-6-3-7-31/h7-8,13-15,17,21H,6,9-12,16H2,1-5H3;4-5,10-11,13-14,18,28H,3,6-9,12H2,1-2H3/t17-,21+;14-,18+/m11/s1. The van der Waals surface area contributed by atoms with E-state index in [9.17, 15) is 14.4 Å². The van der Waals surface area contributed by atoms with Crippen LogP contribution in [0.4, 0.5) is 4.79 Å². The normalized spacial score (nSPS) is 19.3. The van der Waals surface area contributed by atoms with Crippen LogP contribution in [0.2, 0.25) is 20.1 Å². The number of ether oxygens (including phenoxy) is 5. The van der Waals surface area contributed by atoms with Gasteiger partial charge in [0.05, 0.1) is 65.6 Å². The Balaban J connectivity index is 0.000000187. The fraction of sp³-hybridized carbons (Fsp3) is 0.436. The smallest absolute Gasteiger partial charge is 0.410 e. The first-order valence-corrected chi connectivity index (χ1v) is 26.5. The van der Waals surface area contributed by atoms with Crippen molar-refractivity contribution in [1.82, 2.24) is 40.0 Å². The van der Waals surface area contributed by atoms with Crippen LogP contribution in [0.25, 0.3) is 44.1 Å². The lowest BCUT2D eigenvalue weighted by molar-refractivity contribution is -0.139. The number of carbonyl (C=O) groups excluding carboxylic acids is 3. The van der Waals surface area contributed by atoms with Gasteiger partial charge in [-0.05, 0) is 100 Å². The molecule has 4 atom stereocenters. The van der Waals surface area contributed by atoms with Crippen molar-refractivity contribution >= 4 is 86.1 Å². The number of carbonyl (C=O) groups is 3. The summed E-state index contributed by atoms with van der Waals surface area (Å²) in [7, 11) is 6.18. The van der Waals surface area contributed by atoms with Gasteiger partial charge in [-0.3, -0.25) is 14.5 Å². The molecule has 4 fully saturated rings. The van der Waals surface area contributed by atoms with Crippen LogP contribution in [0.15, 0.2) is 60.9 Å². The molecule has 3 amide bonds. The Kier molecular flexibility index (Phi) is 16.3. The van der Waals surface area contributed by atoms with Gasteiger partial charge >= 0.3 is 6.09 Å². The summed E-state index contributed by atoms with van der Waals surface area (Å²) in [6.45, 7) is 9.93. The molecule has 396 valence electrons. The van der Waals surface area contributed by atoms with E-state index in [0.717, 1.165) is 97.2 Å². The van der Waals surface area contributed by atoms with Crippen molar-refractivity contribution in [3.8, 4) is 45.3 Å². The molecule has 0 unspecified atom stereocenters. The number of aromatic nitrogens is 4. The molecular weight excluding hydrogens is 1040 g/mol. The molecule has 16 nitrogen and oxygen atoms in total. The van der Waals surface area contributed by atoms with Gasteiger partial charge in [0.25, 0.3) is 0 Å². The molecule has 4 aromatic carbocycles. The number of methoxy groups -OCH3 is 4. The van der Waals surface area contributed by atoms with Gasteiger partial charge in [-0.2, -0.15) is 0 Å². The molecule has 20 heteroatoms. The van der Waals surface area contributed by atoms with Gasteiger partial charge in [0, 0.05) is 92.0 Å². The Morgan fingerprint density at radius 3 is 1.51 bits per heavy atom. The highest BCUT2D eigenvalue weighted by molar-refractivity contribution is 6.42. The number of nitrogens with zero attached hydrogens (tertiary/aromatic N) is 7. The second-order valence-electron chi connectivity index (χ2n) is 20.3. The third kappa shape index (κ3) is 11.6. The minimum absolute atomic E-state index is 0.0111. The maximum atomic E-state index is 13.2. The van der Waals surface area contributed by atoms with Crippen molar-refractivity contribution in [1.29, 1.82) is 0 Å². The molecule has 4 aliphatic heterocycles. The summed E-state index contributed by atoms with van der Waals surface area (Å²) in [5.41, 5.74) is 3.79. The van der Waals surface area contributed by atoms with E-state index in [1.165, 1.54) is 14.2 Å². The summed E-state index contributed by atoms with van der Waals surface area (Å²) in [6, 6.07) is 14.3. The van der Waals surface area contributed by atoms with Gasteiger partial charge in [0.15, 0.2) is 0 Å². The van der Waals surface area contributed by atoms with Crippen LogP contribution < -0.4 is 24.3 Å². The summed E-state index contributed by atoms with van der Waals surface area (Å²) in [4.78, 5) is 62.8. The van der Waals surface area contributed by atoms with Crippen LogP contribution in [0.1, 0.15) is 58.1 Å². The van der Waals surface area contributed by atoms with E-state index in [1.807, 2.05) is 73.2 Å². The predicted molar refractivity (Wildman–Crippen MR) is 291 cm³/mol. The van der Waals surface area contributed by atoms with E-state index in [4.69, 9.17) is 80.1 Å². The highest BCUT2D eigenvalue weighted by atomic mass is 35.5. The topological polar surface area (TPSA) is 171 Å². The molecular formula is C55H60Cl4N8O8. The van der Waals surface area contributed by atoms with E-state index < -0.39 is 17.7 Å². The van der Waals surface area contributed by atoms with E-state index in [0.29, 0.717) is 85.3 Å². The number of nitrogens with one attached hydrogen (secondary N) is 1. The molecule has 10 rings (SSSR count). The Morgan fingerprint density at radius 1 is 0.627 bits per heavy atom. The first-order chi connectivity index (χ1) is 36.0. The number of halogens is 4. The van der Waals surface area contributed by atoms with Crippen molar-refractivity contribution in [3.63, 3.8) is 0 Å². The average molecular weight is 1100 g/mol. The van der Waals surface area contributed by atoms with Crippen molar-refractivity contribution in [2.75, 3.05) is 67.7 Å². The molecule has 6 heterocycles. The van der Waals surface area contributed by atoms with Crippen molar-refractivity contribution < 1.29 is 38.1 Å². The van der Waals surface area contributed by atoms with E-state index >= 15 is 0 Å². The van der Waals surface area contributed by atoms with E-state index in [2.05, 4.69) is 15.3 Å². The van der Waals surface area contributed by atoms with Crippen molar-refractivity contribution in [3.05, 3.63) is 92.7 Å². The van der Waals surface area contributed by atoms with E-state index in [-0.39, 0.29) is 23.8 Å². The lowest BCUT2D eigenvalue weighted by Gasteiger charge is -2.36. The van der Waals surface area contributed by atoms with Crippen LogP contribution in [0.3, 0.4) is 0 Å². The Hall–Kier alpha value is -5.91. The fourth-order valence-corrected chi connectivity index (χ4v) is 11.4. The van der Waals surface area contributed by atoms with Gasteiger partial charge in [0.1, 0.15) is 46.3 Å². The van der Waals surface area contributed by atoms with Gasteiger partial charge < -0.3 is 38.8 Å². The maximum Gasteiger partial charge on any atom is 0.410 e. The number of amides is 3. The van der Waals surface area contributed by atoms with Gasteiger partial charge in [-0.1, -0.05) is 58.5 Å². The quantitative estimate of drug-likeness (QED) is 0.123. The number of likely N-dealkylation sites (tertiary alicyclic amines) is 3. The number of benzene rings is 4. The molecule has 0 bridgehead atoms. The number of hydrogen-bond acceptors (Lipinski definition) is 13. The largest absolute Gasteiger partial charge is 0.495 e. The second kappa shape index (κ2) is 22.7. The maximum absolute atomic E-state index is 13.2. The average Bonchev–Trinajstić information content (AvgIpc) is 4.01. The third-order valence-electron chi connectivity index (χ3n) is 14.1. The van der Waals surface area contributed by atoms with Crippen LogP contribution in [-0.4, -0.2) is 138 Å². The highest BCUT2D eigenvalue weighted by Gasteiger charge is 2.44. The molecule has 6 aromatic rings. The lowest BCUT2D eigenvalue weighted by Crippen LogP contribution is -2.52. The highest BCUT2D eigenvalue weighted by Crippen LogP contribution is 2.48. The van der Waals surface area contributed by atoms with Crippen molar-refractivity contribution in [2.24, 2.45) is 11.8 Å². The zero-order valence-electron chi connectivity index (χ0n) is 43.0. The molecule has 0 spiro atoms. The summed E-state index contributed by atoms with van der Waals surface area (Å²) >= 11 is 26.4. The minimum atomic E-state index is -0.649. The monoisotopic (exact) mass is 1100 g/mol. The molecule has 75 heavy (non-hydrogen) atoms. The fourth-order valence-electron chi connectivity index (χ4n) is 9.93. The summed E-state index contributed by atoms with van der Waals surface area (Å²) in [5.74, 6) is 3.90. The summed E-state index contributed by atoms with van der Waals surface area (Å²) in [6.07, 6.45) is 7.87. The SMILES string of the molecule is COc1cc(OC)c(Cl)c(-c2ccc3nc(C[C@@H]4CN[C@H](C(=O)N5CCC5)C4)ncc3c2)c1Cl.COc1cc(OC)c(Cl)c(-c2ccc3nc(C[C@H]4C[C@@H](C(=O)N5CCC5)N(C(=O)OC(C)(C)C)C4)ncc3c2)c1Cl. The van der Waals surface area contributed by atoms with Gasteiger partial charge in [-0.25, -0.2) is 24.7 Å². The summed E-state index contributed by atoms with van der Waals surface area (Å²) in [5, 5.41) is 6.67. The second-order valence-corrected chi connectivity index (χ2v) is 21.8. The lowest BCUT2D eigenvalue weighted by atomic mass is 9.99. The molecule has 0 aliphatic carbocycles. The molecule has 0 saturated carbocycles. The van der Waals surface area contributed by atoms with E-state index in [1.54, 1.807) is 37.4 Å². The molecule has 1 N–H and O–H groups in total. The zero-order chi connectivity index (χ0) is 53.3. The molecule has 4 aliphatic rings. The number of hydrogen-bond donors (Lipinski definition) is 1. The predicted octanol–water partition coefficient (Wildman–Crippen LogP) is 10.4. The first-order valence-electron chi connectivity index (χ1n) is 25.0. The van der Waals surface area contributed by atoms with Crippen molar-refractivity contribution in [2.45, 2.75) is 77.0 Å². The Morgan fingerprint density at radius 2 is 1.08 bits per heavy atom. The molecule has 2 aromatic heterocycles. The zero-order valence-corrected chi connectivity index (χ0v) is 46.0. The van der Waals surface area contributed by atoms with Gasteiger partial charge in [0.2, 0.25) is 11.8 Å². The van der Waals surface area contributed by atoms with Crippen LogP contribution in [0.5, 0.6) is 23.0 Å². The minimum Gasteiger partial charge on any atom is -0.495 e. The summed E-state index contributed by atoms with van der Waals surface area (Å²) < 4.78 is 27.2. The van der Waals surface area contributed by atoms with Gasteiger partial charge in [-0.15, -0.1) is 0 Å². The molecule has 4 saturated heterocycles. The number of fused-ring (bicyclic) bond motifs is 2. The Bertz CT molecular complexity index is 3090.